The Morgan fingerprint density at radius 1 is 1.35 bits per heavy atom. The lowest BCUT2D eigenvalue weighted by molar-refractivity contribution is 0.0439. The fourth-order valence-electron chi connectivity index (χ4n) is 5.04. The Morgan fingerprint density at radius 2 is 2.12 bits per heavy atom. The molecule has 2 bridgehead atoms. The molecule has 98 valence electrons. The number of nitrogens with one attached hydrogen (secondary N) is 1. The molecule has 2 saturated carbocycles. The molecule has 1 aliphatic heterocycles. The van der Waals surface area contributed by atoms with E-state index in [1.165, 1.54) is 12.8 Å². The monoisotopic (exact) mass is 238 g/mol. The lowest BCUT2D eigenvalue weighted by atomic mass is 9.69. The van der Waals surface area contributed by atoms with Crippen molar-refractivity contribution >= 4 is 0 Å². The van der Waals surface area contributed by atoms with Crippen LogP contribution in [-0.4, -0.2) is 48.3 Å². The second-order valence-electron chi connectivity index (χ2n) is 6.97. The first-order chi connectivity index (χ1) is 8.02. The van der Waals surface area contributed by atoms with Crippen molar-refractivity contribution in [3.63, 3.8) is 0 Å². The summed E-state index contributed by atoms with van der Waals surface area (Å²) in [5.41, 5.74) is 0.879. The fourth-order valence-corrected chi connectivity index (χ4v) is 5.04. The summed E-state index contributed by atoms with van der Waals surface area (Å²) in [6.45, 7) is 10.7. The van der Waals surface area contributed by atoms with Crippen molar-refractivity contribution < 1.29 is 5.11 Å². The van der Waals surface area contributed by atoms with E-state index in [1.807, 2.05) is 0 Å². The Hall–Kier alpha value is -0.120. The first-order valence-corrected chi connectivity index (χ1v) is 7.10. The number of hydrogen-bond donors (Lipinski definition) is 2. The van der Waals surface area contributed by atoms with Crippen LogP contribution in [0.15, 0.2) is 0 Å². The van der Waals surface area contributed by atoms with Gasteiger partial charge < -0.3 is 10.4 Å². The predicted molar refractivity (Wildman–Crippen MR) is 68.8 cm³/mol. The Morgan fingerprint density at radius 3 is 2.82 bits per heavy atom. The van der Waals surface area contributed by atoms with E-state index in [0.717, 1.165) is 25.6 Å². The van der Waals surface area contributed by atoms with Crippen molar-refractivity contribution in [2.45, 2.75) is 45.7 Å². The molecule has 0 aromatic rings. The van der Waals surface area contributed by atoms with Gasteiger partial charge in [-0.25, -0.2) is 0 Å². The number of aliphatic hydroxyl groups is 1. The second-order valence-corrected chi connectivity index (χ2v) is 6.97. The normalized spacial score (nSPS) is 48.4. The molecule has 4 atom stereocenters. The molecule has 0 aromatic carbocycles. The van der Waals surface area contributed by atoms with Gasteiger partial charge in [0.1, 0.15) is 0 Å². The van der Waals surface area contributed by atoms with Gasteiger partial charge in [-0.05, 0) is 29.6 Å². The summed E-state index contributed by atoms with van der Waals surface area (Å²) in [7, 11) is 0. The van der Waals surface area contributed by atoms with Crippen LogP contribution in [0.3, 0.4) is 0 Å². The highest BCUT2D eigenvalue weighted by molar-refractivity contribution is 5.21. The lowest BCUT2D eigenvalue weighted by Gasteiger charge is -2.47. The van der Waals surface area contributed by atoms with Gasteiger partial charge in [0, 0.05) is 31.7 Å². The molecule has 3 nitrogen and oxygen atoms in total. The van der Waals surface area contributed by atoms with E-state index in [4.69, 9.17) is 0 Å². The largest absolute Gasteiger partial charge is 0.395 e. The highest BCUT2D eigenvalue weighted by atomic mass is 16.3. The van der Waals surface area contributed by atoms with Crippen molar-refractivity contribution in [1.82, 2.24) is 10.2 Å². The number of aliphatic hydroxyl groups excluding tert-OH is 1. The summed E-state index contributed by atoms with van der Waals surface area (Å²) < 4.78 is 0. The molecule has 0 spiro atoms. The third-order valence-corrected chi connectivity index (χ3v) is 6.39. The van der Waals surface area contributed by atoms with Crippen molar-refractivity contribution in [3.05, 3.63) is 0 Å². The molecule has 1 saturated heterocycles. The molecule has 3 aliphatic rings. The summed E-state index contributed by atoms with van der Waals surface area (Å²) in [6.07, 6.45) is 2.74. The van der Waals surface area contributed by atoms with Crippen LogP contribution in [0.25, 0.3) is 0 Å². The zero-order valence-electron chi connectivity index (χ0n) is 11.4. The van der Waals surface area contributed by atoms with E-state index >= 15 is 0 Å². The zero-order valence-corrected chi connectivity index (χ0v) is 11.4. The van der Waals surface area contributed by atoms with Crippen LogP contribution in [-0.2, 0) is 0 Å². The lowest BCUT2D eigenvalue weighted by Crippen LogP contribution is -2.62. The highest BCUT2D eigenvalue weighted by Gasteiger charge is 2.67. The zero-order chi connectivity index (χ0) is 12.3. The summed E-state index contributed by atoms with van der Waals surface area (Å²) in [5, 5.41) is 13.0. The van der Waals surface area contributed by atoms with E-state index in [9.17, 15) is 5.11 Å². The maximum absolute atomic E-state index is 9.24. The minimum Gasteiger partial charge on any atom is -0.395 e. The maximum atomic E-state index is 9.24. The van der Waals surface area contributed by atoms with Gasteiger partial charge >= 0.3 is 0 Å². The molecule has 2 N–H and O–H groups in total. The molecular weight excluding hydrogens is 212 g/mol. The van der Waals surface area contributed by atoms with Gasteiger partial charge in [-0.2, -0.15) is 0 Å². The van der Waals surface area contributed by atoms with Crippen molar-refractivity contribution in [1.29, 1.82) is 0 Å². The predicted octanol–water partition coefficient (Wildman–Crippen LogP) is 1.08. The van der Waals surface area contributed by atoms with E-state index in [0.29, 0.717) is 29.5 Å². The van der Waals surface area contributed by atoms with Gasteiger partial charge in [0.2, 0.25) is 0 Å². The summed E-state index contributed by atoms with van der Waals surface area (Å²) in [6, 6.07) is 1.29. The van der Waals surface area contributed by atoms with Gasteiger partial charge in [-0.15, -0.1) is 0 Å². The topological polar surface area (TPSA) is 35.5 Å². The molecule has 4 unspecified atom stereocenters. The van der Waals surface area contributed by atoms with Crippen molar-refractivity contribution in [2.24, 2.45) is 16.7 Å². The number of rotatable bonds is 2. The number of hydrogen-bond acceptors (Lipinski definition) is 3. The number of nitrogens with zero attached hydrogens (tertiary/aromatic N) is 1. The summed E-state index contributed by atoms with van der Waals surface area (Å²) >= 11 is 0. The molecular formula is C14H26N2O. The summed E-state index contributed by atoms with van der Waals surface area (Å²) in [5.74, 6) is 0.803. The molecule has 2 aliphatic carbocycles. The van der Waals surface area contributed by atoms with Gasteiger partial charge in [0.25, 0.3) is 0 Å². The third-order valence-electron chi connectivity index (χ3n) is 6.39. The molecule has 0 amide bonds. The molecule has 1 heterocycles. The van der Waals surface area contributed by atoms with Crippen LogP contribution in [0, 0.1) is 16.7 Å². The molecule has 0 radical (unpaired) electrons. The first kappa shape index (κ1) is 11.9. The van der Waals surface area contributed by atoms with Gasteiger partial charge in [0.15, 0.2) is 0 Å². The Kier molecular flexibility index (Phi) is 2.59. The van der Waals surface area contributed by atoms with Crippen LogP contribution in [0.1, 0.15) is 33.6 Å². The second kappa shape index (κ2) is 3.69. The van der Waals surface area contributed by atoms with E-state index in [1.54, 1.807) is 0 Å². The van der Waals surface area contributed by atoms with Gasteiger partial charge in [-0.1, -0.05) is 20.8 Å². The Bertz CT molecular complexity index is 315. The van der Waals surface area contributed by atoms with Crippen molar-refractivity contribution in [3.8, 4) is 0 Å². The van der Waals surface area contributed by atoms with E-state index in [2.05, 4.69) is 31.0 Å². The van der Waals surface area contributed by atoms with Crippen molar-refractivity contribution in [2.75, 3.05) is 26.2 Å². The summed E-state index contributed by atoms with van der Waals surface area (Å²) in [4.78, 5) is 2.54. The van der Waals surface area contributed by atoms with Gasteiger partial charge in [-0.3, -0.25) is 4.90 Å². The SMILES string of the molecule is CC1(C)C2CCC1(C)C1NCCN(CCO)C21. The average molecular weight is 238 g/mol. The van der Waals surface area contributed by atoms with Crippen LogP contribution < -0.4 is 5.32 Å². The van der Waals surface area contributed by atoms with Crippen LogP contribution in [0.4, 0.5) is 0 Å². The molecule has 3 heteroatoms. The molecule has 17 heavy (non-hydrogen) atoms. The standard InChI is InChI=1S/C14H26N2O/c1-13(2)10-4-5-14(13,3)12-11(10)16(8-9-17)7-6-15-12/h10-12,15,17H,4-9H2,1-3H3. The minimum absolute atomic E-state index is 0.299. The number of piperazine rings is 1. The average Bonchev–Trinajstić information content (AvgIpc) is 2.61. The fraction of sp³-hybridized carbons (Fsp3) is 1.00. The maximum Gasteiger partial charge on any atom is 0.0558 e. The molecule has 0 aromatic heterocycles. The Labute approximate surface area is 105 Å². The number of fused-ring (bicyclic) bond motifs is 5. The Balaban J connectivity index is 1.94. The van der Waals surface area contributed by atoms with Crippen LogP contribution >= 0.6 is 0 Å². The minimum atomic E-state index is 0.299. The van der Waals surface area contributed by atoms with E-state index < -0.39 is 0 Å². The van der Waals surface area contributed by atoms with Gasteiger partial charge in [0.05, 0.1) is 6.61 Å². The van der Waals surface area contributed by atoms with E-state index in [-0.39, 0.29) is 0 Å². The first-order valence-electron chi connectivity index (χ1n) is 7.10. The van der Waals surface area contributed by atoms with Crippen LogP contribution in [0.2, 0.25) is 0 Å². The smallest absolute Gasteiger partial charge is 0.0558 e. The molecule has 3 rings (SSSR count). The quantitative estimate of drug-likeness (QED) is 0.755. The third kappa shape index (κ3) is 1.33. The number of β-amino-alcohol motifs (C(OH)–C–C–N with tert-alkyl or cyclic N) is 1. The van der Waals surface area contributed by atoms with Crippen LogP contribution in [0.5, 0.6) is 0 Å². The molecule has 3 fully saturated rings. The highest BCUT2D eigenvalue weighted by Crippen LogP contribution is 2.66.